The van der Waals surface area contributed by atoms with Crippen LogP contribution in [0.3, 0.4) is 0 Å². The van der Waals surface area contributed by atoms with Crippen LogP contribution in [0.15, 0.2) is 97.1 Å². The zero-order valence-electron chi connectivity index (χ0n) is 16.5. The number of rotatable bonds is 4. The first-order valence-electron chi connectivity index (χ1n) is 9.91. The second-order valence-electron chi connectivity index (χ2n) is 6.96. The molecule has 0 aromatic heterocycles. The van der Waals surface area contributed by atoms with Crippen LogP contribution in [0.5, 0.6) is 0 Å². The lowest BCUT2D eigenvalue weighted by Gasteiger charge is -2.35. The molecule has 4 rings (SSSR count). The molecule has 0 fully saturated rings. The van der Waals surface area contributed by atoms with Crippen molar-refractivity contribution < 1.29 is 9.59 Å². The minimum absolute atomic E-state index is 0.0989. The lowest BCUT2D eigenvalue weighted by molar-refractivity contribution is -0.115. The number of anilines is 2. The Balaban J connectivity index is 1.54. The molecule has 0 unspecified atom stereocenters. The van der Waals surface area contributed by atoms with E-state index in [1.165, 1.54) is 0 Å². The van der Waals surface area contributed by atoms with Crippen LogP contribution in [-0.2, 0) is 9.59 Å². The molecule has 0 aliphatic carbocycles. The molecule has 0 saturated heterocycles. The van der Waals surface area contributed by atoms with Gasteiger partial charge in [0.1, 0.15) is 0 Å². The van der Waals surface area contributed by atoms with Gasteiger partial charge in [-0.25, -0.2) is 0 Å². The molecule has 0 atom stereocenters. The maximum absolute atomic E-state index is 12.8. The first-order valence-corrected chi connectivity index (χ1v) is 9.91. The third-order valence-corrected chi connectivity index (χ3v) is 4.98. The van der Waals surface area contributed by atoms with E-state index in [1.807, 2.05) is 97.1 Å². The minimum atomic E-state index is -0.0989. The highest BCUT2D eigenvalue weighted by Crippen LogP contribution is 2.33. The highest BCUT2D eigenvalue weighted by atomic mass is 16.2. The van der Waals surface area contributed by atoms with Crippen LogP contribution in [0.2, 0.25) is 0 Å². The van der Waals surface area contributed by atoms with Crippen molar-refractivity contribution in [2.24, 2.45) is 0 Å². The first-order chi connectivity index (χ1) is 14.7. The zero-order chi connectivity index (χ0) is 20.8. The number of hydrogen-bond donors (Lipinski definition) is 0. The maximum atomic E-state index is 12.8. The predicted octanol–water partition coefficient (Wildman–Crippen LogP) is 4.79. The summed E-state index contributed by atoms with van der Waals surface area (Å²) in [5.74, 6) is -0.198. The maximum Gasteiger partial charge on any atom is 0.251 e. The Bertz CT molecular complexity index is 1000. The average Bonchev–Trinajstić information content (AvgIpc) is 2.81. The third kappa shape index (κ3) is 4.39. The van der Waals surface area contributed by atoms with Gasteiger partial charge in [-0.05, 0) is 35.4 Å². The van der Waals surface area contributed by atoms with Crippen molar-refractivity contribution in [2.45, 2.75) is 0 Å². The Morgan fingerprint density at radius 2 is 0.933 bits per heavy atom. The van der Waals surface area contributed by atoms with E-state index in [-0.39, 0.29) is 11.8 Å². The van der Waals surface area contributed by atoms with Gasteiger partial charge in [0.15, 0.2) is 0 Å². The number of amides is 2. The van der Waals surface area contributed by atoms with Gasteiger partial charge in [0.2, 0.25) is 0 Å². The largest absolute Gasteiger partial charge is 0.305 e. The number of carbonyl (C=O) groups excluding carboxylic acids is 2. The van der Waals surface area contributed by atoms with Gasteiger partial charge in [-0.2, -0.15) is 0 Å². The highest BCUT2D eigenvalue weighted by Gasteiger charge is 2.27. The normalized spacial score (nSPS) is 13.6. The van der Waals surface area contributed by atoms with Crippen molar-refractivity contribution in [1.29, 1.82) is 0 Å². The molecular weight excluding hydrogens is 372 g/mol. The Morgan fingerprint density at radius 1 is 0.567 bits per heavy atom. The standard InChI is InChI=1S/C26H22N2O2/c29-25(17-15-21-9-3-1-4-10-21)27-19-20-28(24-14-8-7-13-23(24)27)26(30)18-16-22-11-5-2-6-12-22/h1-18H,19-20H2/b17-15+,18-16+. The van der Waals surface area contributed by atoms with Crippen molar-refractivity contribution >= 4 is 35.3 Å². The molecular formula is C26H22N2O2. The van der Waals surface area contributed by atoms with E-state index in [0.717, 1.165) is 22.5 Å². The molecule has 1 aliphatic rings. The summed E-state index contributed by atoms with van der Waals surface area (Å²) in [6, 6.07) is 27.0. The Kier molecular flexibility index (Phi) is 5.85. The fourth-order valence-corrected chi connectivity index (χ4v) is 3.46. The van der Waals surface area contributed by atoms with Crippen LogP contribution < -0.4 is 9.80 Å². The summed E-state index contributed by atoms with van der Waals surface area (Å²) in [5, 5.41) is 0. The number of fused-ring (bicyclic) bond motifs is 1. The van der Waals surface area contributed by atoms with Gasteiger partial charge < -0.3 is 9.80 Å². The molecule has 4 nitrogen and oxygen atoms in total. The summed E-state index contributed by atoms with van der Waals surface area (Å²) in [6.07, 6.45) is 6.79. The van der Waals surface area contributed by atoms with E-state index in [1.54, 1.807) is 22.0 Å². The lowest BCUT2D eigenvalue weighted by Crippen LogP contribution is -2.45. The van der Waals surface area contributed by atoms with Crippen molar-refractivity contribution in [3.63, 3.8) is 0 Å². The van der Waals surface area contributed by atoms with Gasteiger partial charge in [-0.3, -0.25) is 9.59 Å². The van der Waals surface area contributed by atoms with E-state index in [0.29, 0.717) is 13.1 Å². The summed E-state index contributed by atoms with van der Waals surface area (Å²) >= 11 is 0. The molecule has 148 valence electrons. The summed E-state index contributed by atoms with van der Waals surface area (Å²) in [6.45, 7) is 0.889. The summed E-state index contributed by atoms with van der Waals surface area (Å²) in [4.78, 5) is 29.1. The quantitative estimate of drug-likeness (QED) is 0.597. The average molecular weight is 394 g/mol. The molecule has 0 spiro atoms. The van der Waals surface area contributed by atoms with Gasteiger partial charge in [0.25, 0.3) is 11.8 Å². The van der Waals surface area contributed by atoms with Crippen LogP contribution >= 0.6 is 0 Å². The molecule has 0 bridgehead atoms. The highest BCUT2D eigenvalue weighted by molar-refractivity contribution is 6.11. The number of hydrogen-bond acceptors (Lipinski definition) is 2. The monoisotopic (exact) mass is 394 g/mol. The number of benzene rings is 3. The van der Waals surface area contributed by atoms with E-state index in [9.17, 15) is 9.59 Å². The smallest absolute Gasteiger partial charge is 0.251 e. The molecule has 4 heteroatoms. The van der Waals surface area contributed by atoms with Crippen LogP contribution in [0.1, 0.15) is 11.1 Å². The van der Waals surface area contributed by atoms with Crippen molar-refractivity contribution in [1.82, 2.24) is 0 Å². The van der Waals surface area contributed by atoms with Crippen LogP contribution in [0.4, 0.5) is 11.4 Å². The minimum Gasteiger partial charge on any atom is -0.305 e. The predicted molar refractivity (Wildman–Crippen MR) is 122 cm³/mol. The van der Waals surface area contributed by atoms with Crippen LogP contribution in [0.25, 0.3) is 12.2 Å². The molecule has 0 radical (unpaired) electrons. The third-order valence-electron chi connectivity index (χ3n) is 4.98. The molecule has 2 amide bonds. The van der Waals surface area contributed by atoms with E-state index < -0.39 is 0 Å². The molecule has 30 heavy (non-hydrogen) atoms. The molecule has 3 aromatic carbocycles. The second kappa shape index (κ2) is 9.05. The topological polar surface area (TPSA) is 40.6 Å². The summed E-state index contributed by atoms with van der Waals surface area (Å²) in [5.41, 5.74) is 3.43. The van der Waals surface area contributed by atoms with Gasteiger partial charge in [0.05, 0.1) is 11.4 Å². The van der Waals surface area contributed by atoms with Crippen molar-refractivity contribution in [2.75, 3.05) is 22.9 Å². The Labute approximate surface area is 176 Å². The molecule has 3 aromatic rings. The van der Waals surface area contributed by atoms with Gasteiger partial charge in [-0.1, -0.05) is 72.8 Å². The van der Waals surface area contributed by atoms with Crippen molar-refractivity contribution in [3.8, 4) is 0 Å². The fourth-order valence-electron chi connectivity index (χ4n) is 3.46. The van der Waals surface area contributed by atoms with Crippen LogP contribution in [-0.4, -0.2) is 24.9 Å². The number of carbonyl (C=O) groups is 2. The molecule has 0 N–H and O–H groups in total. The Hall–Kier alpha value is -3.92. The van der Waals surface area contributed by atoms with Gasteiger partial charge in [0, 0.05) is 25.2 Å². The zero-order valence-corrected chi connectivity index (χ0v) is 16.5. The Morgan fingerprint density at radius 3 is 1.33 bits per heavy atom. The molecule has 1 heterocycles. The van der Waals surface area contributed by atoms with E-state index in [2.05, 4.69) is 0 Å². The number of nitrogens with zero attached hydrogens (tertiary/aromatic N) is 2. The second-order valence-corrected chi connectivity index (χ2v) is 6.96. The first kappa shape index (κ1) is 19.4. The molecule has 0 saturated carbocycles. The van der Waals surface area contributed by atoms with Crippen molar-refractivity contribution in [3.05, 3.63) is 108 Å². The summed E-state index contributed by atoms with van der Waals surface area (Å²) in [7, 11) is 0. The van der Waals surface area contributed by atoms with Crippen LogP contribution in [0, 0.1) is 0 Å². The van der Waals surface area contributed by atoms with Gasteiger partial charge >= 0.3 is 0 Å². The number of para-hydroxylation sites is 2. The molecule has 1 aliphatic heterocycles. The fraction of sp³-hybridized carbons (Fsp3) is 0.0769. The summed E-state index contributed by atoms with van der Waals surface area (Å²) < 4.78 is 0. The van der Waals surface area contributed by atoms with E-state index in [4.69, 9.17) is 0 Å². The van der Waals surface area contributed by atoms with Gasteiger partial charge in [-0.15, -0.1) is 0 Å². The lowest BCUT2D eigenvalue weighted by atomic mass is 10.1. The SMILES string of the molecule is O=C(/C=C/c1ccccc1)N1CCN(C(=O)/C=C/c2ccccc2)c2ccccc21. The van der Waals surface area contributed by atoms with E-state index >= 15 is 0 Å².